The van der Waals surface area contributed by atoms with E-state index in [9.17, 15) is 14.7 Å². The van der Waals surface area contributed by atoms with Crippen molar-refractivity contribution in [2.24, 2.45) is 5.41 Å². The Morgan fingerprint density at radius 3 is 1.91 bits per heavy atom. The van der Waals surface area contributed by atoms with Crippen molar-refractivity contribution in [1.82, 2.24) is 0 Å². The number of hydrogen-bond donors (Lipinski definition) is 1. The summed E-state index contributed by atoms with van der Waals surface area (Å²) in [6.07, 6.45) is 0. The van der Waals surface area contributed by atoms with Crippen molar-refractivity contribution in [1.29, 1.82) is 0 Å². The Balaban J connectivity index is 2.12. The SMILES string of the molecule is CCN(CC)c1ccc(N2C(=O)C(O)=C(C(=O)C(C)(C)C)C2c2ccc(N(C)C)cc2)cc1. The van der Waals surface area contributed by atoms with Crippen LogP contribution in [0.25, 0.3) is 0 Å². The molecule has 0 aliphatic carbocycles. The van der Waals surface area contributed by atoms with Gasteiger partial charge >= 0.3 is 0 Å². The first kappa shape index (κ1) is 24.4. The second-order valence-electron chi connectivity index (χ2n) is 9.59. The summed E-state index contributed by atoms with van der Waals surface area (Å²) in [5, 5.41) is 10.9. The second kappa shape index (κ2) is 9.30. The van der Waals surface area contributed by atoms with Gasteiger partial charge in [0.25, 0.3) is 5.91 Å². The van der Waals surface area contributed by atoms with E-state index >= 15 is 0 Å². The van der Waals surface area contributed by atoms with Crippen LogP contribution in [0.4, 0.5) is 17.1 Å². The number of rotatable bonds is 7. The molecule has 33 heavy (non-hydrogen) atoms. The van der Waals surface area contributed by atoms with Gasteiger partial charge in [-0.2, -0.15) is 0 Å². The Hall–Kier alpha value is -3.28. The second-order valence-corrected chi connectivity index (χ2v) is 9.59. The van der Waals surface area contributed by atoms with E-state index in [0.717, 1.165) is 30.0 Å². The smallest absolute Gasteiger partial charge is 0.294 e. The Labute approximate surface area is 197 Å². The normalized spacial score (nSPS) is 16.4. The third kappa shape index (κ3) is 4.61. The molecule has 0 bridgehead atoms. The van der Waals surface area contributed by atoms with Gasteiger partial charge in [-0.3, -0.25) is 14.5 Å². The van der Waals surface area contributed by atoms with Crippen LogP contribution in [-0.2, 0) is 9.59 Å². The minimum Gasteiger partial charge on any atom is -0.503 e. The van der Waals surface area contributed by atoms with E-state index < -0.39 is 23.1 Å². The molecule has 3 rings (SSSR count). The number of nitrogens with zero attached hydrogens (tertiary/aromatic N) is 3. The average Bonchev–Trinajstić information content (AvgIpc) is 3.04. The first-order chi connectivity index (χ1) is 15.5. The quantitative estimate of drug-likeness (QED) is 0.636. The summed E-state index contributed by atoms with van der Waals surface area (Å²) in [5.74, 6) is -1.26. The summed E-state index contributed by atoms with van der Waals surface area (Å²) < 4.78 is 0. The molecule has 1 heterocycles. The van der Waals surface area contributed by atoms with Crippen molar-refractivity contribution >= 4 is 28.8 Å². The topological polar surface area (TPSA) is 64.1 Å². The van der Waals surface area contributed by atoms with Crippen molar-refractivity contribution in [3.63, 3.8) is 0 Å². The van der Waals surface area contributed by atoms with Crippen LogP contribution in [0.15, 0.2) is 59.9 Å². The number of Topliss-reactive ketones (excluding diaryl/α,β-unsaturated/α-hetero) is 1. The molecule has 1 N–H and O–H groups in total. The van der Waals surface area contributed by atoms with E-state index in [1.807, 2.05) is 67.5 Å². The molecular weight excluding hydrogens is 414 g/mol. The summed E-state index contributed by atoms with van der Waals surface area (Å²) in [5.41, 5.74) is 2.89. The van der Waals surface area contributed by atoms with Crippen molar-refractivity contribution < 1.29 is 14.7 Å². The van der Waals surface area contributed by atoms with Crippen LogP contribution in [0.3, 0.4) is 0 Å². The van der Waals surface area contributed by atoms with Gasteiger partial charge in [-0.25, -0.2) is 0 Å². The highest BCUT2D eigenvalue weighted by Crippen LogP contribution is 2.43. The maximum atomic E-state index is 13.4. The summed E-state index contributed by atoms with van der Waals surface area (Å²) in [6, 6.07) is 14.8. The number of anilines is 3. The Kier molecular flexibility index (Phi) is 6.86. The number of aliphatic hydroxyl groups is 1. The van der Waals surface area contributed by atoms with Crippen LogP contribution < -0.4 is 14.7 Å². The van der Waals surface area contributed by atoms with Crippen molar-refractivity contribution in [2.75, 3.05) is 41.9 Å². The first-order valence-electron chi connectivity index (χ1n) is 11.4. The molecule has 1 amide bonds. The van der Waals surface area contributed by atoms with Crippen molar-refractivity contribution in [2.45, 2.75) is 40.7 Å². The molecule has 2 aromatic rings. The monoisotopic (exact) mass is 449 g/mol. The molecule has 1 aliphatic heterocycles. The highest BCUT2D eigenvalue weighted by molar-refractivity contribution is 6.17. The van der Waals surface area contributed by atoms with Gasteiger partial charge in [-0.05, 0) is 55.8 Å². The van der Waals surface area contributed by atoms with E-state index in [-0.39, 0.29) is 11.4 Å². The van der Waals surface area contributed by atoms with Gasteiger partial charge in [-0.15, -0.1) is 0 Å². The van der Waals surface area contributed by atoms with Crippen LogP contribution in [-0.4, -0.2) is 44.0 Å². The van der Waals surface area contributed by atoms with Gasteiger partial charge in [0.2, 0.25) is 0 Å². The van der Waals surface area contributed by atoms with E-state index in [2.05, 4.69) is 18.7 Å². The van der Waals surface area contributed by atoms with E-state index in [0.29, 0.717) is 5.69 Å². The minimum absolute atomic E-state index is 0.151. The molecule has 0 radical (unpaired) electrons. The van der Waals surface area contributed by atoms with Crippen LogP contribution in [0, 0.1) is 5.41 Å². The van der Waals surface area contributed by atoms with Gasteiger partial charge in [0.05, 0.1) is 11.6 Å². The first-order valence-corrected chi connectivity index (χ1v) is 11.4. The lowest BCUT2D eigenvalue weighted by Crippen LogP contribution is -2.33. The van der Waals surface area contributed by atoms with Gasteiger partial charge in [0, 0.05) is 49.7 Å². The van der Waals surface area contributed by atoms with Crippen LogP contribution in [0.2, 0.25) is 0 Å². The number of ketones is 1. The maximum Gasteiger partial charge on any atom is 0.294 e. The molecule has 0 aromatic heterocycles. The minimum atomic E-state index is -0.742. The lowest BCUT2D eigenvalue weighted by Gasteiger charge is -2.30. The van der Waals surface area contributed by atoms with Gasteiger partial charge in [-0.1, -0.05) is 32.9 Å². The van der Waals surface area contributed by atoms with E-state index in [1.54, 1.807) is 20.8 Å². The standard InChI is InChI=1S/C27H35N3O3/c1-8-29(9-2)20-14-16-21(17-15-20)30-23(18-10-12-19(13-11-18)28(6)7)22(24(31)26(30)33)25(32)27(3,4)5/h10-17,23,31H,8-9H2,1-7H3. The number of carbonyl (C=O) groups excluding carboxylic acids is 2. The molecule has 0 fully saturated rings. The summed E-state index contributed by atoms with van der Waals surface area (Å²) in [6.45, 7) is 11.4. The van der Waals surface area contributed by atoms with E-state index in [1.165, 1.54) is 4.90 Å². The molecule has 0 spiro atoms. The molecular formula is C27H35N3O3. The fourth-order valence-electron chi connectivity index (χ4n) is 4.19. The third-order valence-electron chi connectivity index (χ3n) is 6.12. The number of aliphatic hydroxyl groups excluding tert-OH is 1. The van der Waals surface area contributed by atoms with Crippen molar-refractivity contribution in [3.8, 4) is 0 Å². The summed E-state index contributed by atoms with van der Waals surface area (Å²) in [7, 11) is 3.91. The molecule has 0 saturated carbocycles. The average molecular weight is 450 g/mol. The molecule has 1 unspecified atom stereocenters. The zero-order valence-corrected chi connectivity index (χ0v) is 20.7. The lowest BCUT2D eigenvalue weighted by atomic mass is 9.82. The molecule has 2 aromatic carbocycles. The summed E-state index contributed by atoms with van der Waals surface area (Å²) >= 11 is 0. The van der Waals surface area contributed by atoms with Crippen molar-refractivity contribution in [3.05, 3.63) is 65.4 Å². The van der Waals surface area contributed by atoms with E-state index in [4.69, 9.17) is 0 Å². The summed E-state index contributed by atoms with van der Waals surface area (Å²) in [4.78, 5) is 32.4. The van der Waals surface area contributed by atoms with Crippen LogP contribution >= 0.6 is 0 Å². The fraction of sp³-hybridized carbons (Fsp3) is 0.407. The molecule has 6 nitrogen and oxygen atoms in total. The highest BCUT2D eigenvalue weighted by atomic mass is 16.3. The maximum absolute atomic E-state index is 13.4. The predicted octanol–water partition coefficient (Wildman–Crippen LogP) is 5.11. The Bertz CT molecular complexity index is 1040. The van der Waals surface area contributed by atoms with Crippen LogP contribution in [0.1, 0.15) is 46.2 Å². The molecule has 6 heteroatoms. The number of carbonyl (C=O) groups is 2. The van der Waals surface area contributed by atoms with Crippen LogP contribution in [0.5, 0.6) is 0 Å². The number of amides is 1. The molecule has 1 atom stereocenters. The lowest BCUT2D eigenvalue weighted by molar-refractivity contribution is -0.123. The van der Waals surface area contributed by atoms with Gasteiger partial charge in [0.15, 0.2) is 11.5 Å². The predicted molar refractivity (Wildman–Crippen MR) is 135 cm³/mol. The zero-order chi connectivity index (χ0) is 24.5. The molecule has 0 saturated heterocycles. The highest BCUT2D eigenvalue weighted by Gasteiger charge is 2.46. The zero-order valence-electron chi connectivity index (χ0n) is 20.7. The molecule has 176 valence electrons. The number of hydrogen-bond acceptors (Lipinski definition) is 5. The fourth-order valence-corrected chi connectivity index (χ4v) is 4.19. The molecule has 1 aliphatic rings. The number of benzene rings is 2. The Morgan fingerprint density at radius 2 is 1.45 bits per heavy atom. The van der Waals surface area contributed by atoms with Gasteiger partial charge in [0.1, 0.15) is 0 Å². The third-order valence-corrected chi connectivity index (χ3v) is 6.12. The van der Waals surface area contributed by atoms with Gasteiger partial charge < -0.3 is 14.9 Å². The largest absolute Gasteiger partial charge is 0.503 e. The Morgan fingerprint density at radius 1 is 0.939 bits per heavy atom.